The molecule has 0 spiro atoms. The number of amides is 1. The van der Waals surface area contributed by atoms with Crippen LogP contribution in [0.25, 0.3) is 10.9 Å². The van der Waals surface area contributed by atoms with Gasteiger partial charge < -0.3 is 20.5 Å². The number of halogens is 3. The number of benzene rings is 1. The summed E-state index contributed by atoms with van der Waals surface area (Å²) in [7, 11) is 0. The fraction of sp³-hybridized carbons (Fsp3) is 0.231. The Labute approximate surface area is 121 Å². The van der Waals surface area contributed by atoms with E-state index in [0.717, 1.165) is 0 Å². The Balaban J connectivity index is 2.28. The quantitative estimate of drug-likeness (QED) is 0.687. The van der Waals surface area contributed by atoms with Crippen LogP contribution in [-0.4, -0.2) is 39.3 Å². The molecule has 0 saturated heterocycles. The first-order chi connectivity index (χ1) is 10.2. The molecule has 1 amide bonds. The van der Waals surface area contributed by atoms with Crippen molar-refractivity contribution in [3.8, 4) is 5.75 Å². The van der Waals surface area contributed by atoms with E-state index in [1.807, 2.05) is 0 Å². The van der Waals surface area contributed by atoms with Crippen LogP contribution in [0.3, 0.4) is 0 Å². The third-order valence-corrected chi connectivity index (χ3v) is 3.05. The van der Waals surface area contributed by atoms with Gasteiger partial charge in [-0.25, -0.2) is 4.79 Å². The molecule has 9 heteroatoms. The van der Waals surface area contributed by atoms with Crippen molar-refractivity contribution in [3.63, 3.8) is 0 Å². The SMILES string of the molecule is O=C(O)C(Cc1c[nH]c2cccc(O)c12)NC(=O)C(F)(F)F. The number of aromatic nitrogens is 1. The number of nitrogens with one attached hydrogen (secondary N) is 2. The number of rotatable bonds is 4. The normalized spacial score (nSPS) is 13.0. The first-order valence-corrected chi connectivity index (χ1v) is 6.08. The van der Waals surface area contributed by atoms with E-state index >= 15 is 0 Å². The molecule has 0 fully saturated rings. The Morgan fingerprint density at radius 3 is 2.59 bits per heavy atom. The van der Waals surface area contributed by atoms with E-state index in [1.165, 1.54) is 17.6 Å². The third-order valence-electron chi connectivity index (χ3n) is 3.05. The van der Waals surface area contributed by atoms with Gasteiger partial charge in [0.05, 0.1) is 0 Å². The van der Waals surface area contributed by atoms with Crippen molar-refractivity contribution < 1.29 is 33.0 Å². The Morgan fingerprint density at radius 2 is 2.00 bits per heavy atom. The van der Waals surface area contributed by atoms with Crippen molar-refractivity contribution in [3.05, 3.63) is 30.0 Å². The lowest BCUT2D eigenvalue weighted by Crippen LogP contribution is -2.47. The monoisotopic (exact) mass is 316 g/mol. The highest BCUT2D eigenvalue weighted by Gasteiger charge is 2.41. The molecule has 1 unspecified atom stereocenters. The molecule has 0 saturated carbocycles. The number of phenolic OH excluding ortho intramolecular Hbond substituents is 1. The van der Waals surface area contributed by atoms with Crippen LogP contribution in [0.1, 0.15) is 5.56 Å². The summed E-state index contributed by atoms with van der Waals surface area (Å²) in [6, 6.07) is 2.76. The maximum atomic E-state index is 12.2. The Morgan fingerprint density at radius 1 is 1.32 bits per heavy atom. The van der Waals surface area contributed by atoms with Crippen molar-refractivity contribution in [2.45, 2.75) is 18.6 Å². The number of aliphatic carboxylic acids is 1. The van der Waals surface area contributed by atoms with Crippen LogP contribution in [0, 0.1) is 0 Å². The van der Waals surface area contributed by atoms with Gasteiger partial charge >= 0.3 is 18.1 Å². The molecule has 1 atom stereocenters. The van der Waals surface area contributed by atoms with E-state index in [2.05, 4.69) is 4.98 Å². The molecule has 1 aromatic heterocycles. The molecule has 6 nitrogen and oxygen atoms in total. The lowest BCUT2D eigenvalue weighted by atomic mass is 10.0. The van der Waals surface area contributed by atoms with Gasteiger partial charge in [0, 0.05) is 23.5 Å². The third kappa shape index (κ3) is 3.13. The van der Waals surface area contributed by atoms with E-state index in [1.54, 1.807) is 12.1 Å². The lowest BCUT2D eigenvalue weighted by molar-refractivity contribution is -0.175. The summed E-state index contributed by atoms with van der Waals surface area (Å²) in [4.78, 5) is 24.7. The zero-order chi connectivity index (χ0) is 16.5. The van der Waals surface area contributed by atoms with Gasteiger partial charge in [0.2, 0.25) is 0 Å². The number of alkyl halides is 3. The summed E-state index contributed by atoms with van der Waals surface area (Å²) in [5.74, 6) is -4.08. The highest BCUT2D eigenvalue weighted by molar-refractivity contribution is 5.91. The second-order valence-corrected chi connectivity index (χ2v) is 4.58. The molecule has 1 heterocycles. The number of carbonyl (C=O) groups excluding carboxylic acids is 1. The fourth-order valence-electron chi connectivity index (χ4n) is 2.06. The number of carboxylic acids is 1. The number of hydrogen-bond donors (Lipinski definition) is 4. The van der Waals surface area contributed by atoms with Crippen molar-refractivity contribution in [2.75, 3.05) is 0 Å². The van der Waals surface area contributed by atoms with Crippen LogP contribution < -0.4 is 5.32 Å². The molecule has 2 rings (SSSR count). The first-order valence-electron chi connectivity index (χ1n) is 6.08. The van der Waals surface area contributed by atoms with Crippen LogP contribution in [0.2, 0.25) is 0 Å². The minimum atomic E-state index is -5.17. The highest BCUT2D eigenvalue weighted by Crippen LogP contribution is 2.28. The van der Waals surface area contributed by atoms with Crippen LogP contribution in [0.15, 0.2) is 24.4 Å². The standard InChI is InChI=1S/C13H11F3N2O4/c14-13(15,16)12(22)18-8(11(20)21)4-6-5-17-7-2-1-3-9(19)10(6)7/h1-3,5,8,17,19H,4H2,(H,18,22)(H,20,21). The van der Waals surface area contributed by atoms with E-state index in [9.17, 15) is 27.9 Å². The van der Waals surface area contributed by atoms with Gasteiger partial charge in [0.1, 0.15) is 11.8 Å². The maximum absolute atomic E-state index is 12.2. The summed E-state index contributed by atoms with van der Waals surface area (Å²) in [5, 5.41) is 20.5. The molecular formula is C13H11F3N2O4. The van der Waals surface area contributed by atoms with Crippen molar-refractivity contribution in [2.24, 2.45) is 0 Å². The van der Waals surface area contributed by atoms with E-state index in [4.69, 9.17) is 5.11 Å². The maximum Gasteiger partial charge on any atom is 0.471 e. The smallest absolute Gasteiger partial charge is 0.471 e. The van der Waals surface area contributed by atoms with Crippen LogP contribution >= 0.6 is 0 Å². The van der Waals surface area contributed by atoms with E-state index < -0.39 is 30.5 Å². The van der Waals surface area contributed by atoms with Gasteiger partial charge in [-0.1, -0.05) is 6.07 Å². The summed E-state index contributed by atoms with van der Waals surface area (Å²) in [6.07, 6.45) is -4.20. The number of aromatic hydroxyl groups is 1. The van der Waals surface area contributed by atoms with Gasteiger partial charge in [-0.2, -0.15) is 13.2 Å². The van der Waals surface area contributed by atoms with E-state index in [0.29, 0.717) is 10.9 Å². The predicted octanol–water partition coefficient (Wildman–Crippen LogP) is 1.55. The number of carbonyl (C=O) groups is 2. The number of carboxylic acid groups (broad SMARTS) is 1. The minimum Gasteiger partial charge on any atom is -0.507 e. The molecule has 118 valence electrons. The molecule has 1 aromatic carbocycles. The predicted molar refractivity (Wildman–Crippen MR) is 69.3 cm³/mol. The summed E-state index contributed by atoms with van der Waals surface area (Å²) < 4.78 is 36.7. The first kappa shape index (κ1) is 15.7. The van der Waals surface area contributed by atoms with Gasteiger partial charge in [0.15, 0.2) is 0 Å². The summed E-state index contributed by atoms with van der Waals surface area (Å²) in [5.41, 5.74) is 0.782. The van der Waals surface area contributed by atoms with E-state index in [-0.39, 0.29) is 11.3 Å². The largest absolute Gasteiger partial charge is 0.507 e. The minimum absolute atomic E-state index is 0.139. The molecule has 0 aliphatic carbocycles. The zero-order valence-electron chi connectivity index (χ0n) is 10.9. The molecule has 0 aliphatic heterocycles. The number of aromatic amines is 1. The summed E-state index contributed by atoms with van der Waals surface area (Å²) >= 11 is 0. The lowest BCUT2D eigenvalue weighted by Gasteiger charge is -2.15. The van der Waals surface area contributed by atoms with Crippen molar-refractivity contribution >= 4 is 22.8 Å². The zero-order valence-corrected chi connectivity index (χ0v) is 10.9. The van der Waals surface area contributed by atoms with Crippen LogP contribution in [0.5, 0.6) is 5.75 Å². The number of phenols is 1. The molecular weight excluding hydrogens is 305 g/mol. The molecule has 0 bridgehead atoms. The van der Waals surface area contributed by atoms with Crippen molar-refractivity contribution in [1.29, 1.82) is 0 Å². The number of H-pyrrole nitrogens is 1. The van der Waals surface area contributed by atoms with Gasteiger partial charge in [0.25, 0.3) is 0 Å². The Bertz CT molecular complexity index is 724. The van der Waals surface area contributed by atoms with Gasteiger partial charge in [-0.15, -0.1) is 0 Å². The van der Waals surface area contributed by atoms with Gasteiger partial charge in [-0.05, 0) is 17.7 Å². The number of fused-ring (bicyclic) bond motifs is 1. The molecule has 22 heavy (non-hydrogen) atoms. The van der Waals surface area contributed by atoms with Gasteiger partial charge in [-0.3, -0.25) is 4.79 Å². The average molecular weight is 316 g/mol. The van der Waals surface area contributed by atoms with Crippen LogP contribution in [-0.2, 0) is 16.0 Å². The van der Waals surface area contributed by atoms with Crippen molar-refractivity contribution in [1.82, 2.24) is 10.3 Å². The Hall–Kier alpha value is -2.71. The second kappa shape index (κ2) is 5.58. The highest BCUT2D eigenvalue weighted by atomic mass is 19.4. The molecule has 4 N–H and O–H groups in total. The fourth-order valence-corrected chi connectivity index (χ4v) is 2.06. The number of hydrogen-bond acceptors (Lipinski definition) is 3. The second-order valence-electron chi connectivity index (χ2n) is 4.58. The Kier molecular flexibility index (Phi) is 3.98. The molecule has 0 radical (unpaired) electrons. The van der Waals surface area contributed by atoms with Crippen LogP contribution in [0.4, 0.5) is 13.2 Å². The molecule has 2 aromatic rings. The topological polar surface area (TPSA) is 102 Å². The molecule has 0 aliphatic rings. The average Bonchev–Trinajstić information content (AvgIpc) is 2.81. The summed E-state index contributed by atoms with van der Waals surface area (Å²) in [6.45, 7) is 0.